The van der Waals surface area contributed by atoms with Gasteiger partial charge < -0.3 is 15.0 Å². The number of nitrogens with zero attached hydrogens (tertiary/aromatic N) is 1. The van der Waals surface area contributed by atoms with Crippen LogP contribution in [0.3, 0.4) is 0 Å². The van der Waals surface area contributed by atoms with Crippen molar-refractivity contribution in [2.75, 3.05) is 20.2 Å². The van der Waals surface area contributed by atoms with Crippen LogP contribution in [0.5, 0.6) is 5.75 Å². The van der Waals surface area contributed by atoms with Crippen LogP contribution in [0.1, 0.15) is 37.0 Å². The fourth-order valence-corrected chi connectivity index (χ4v) is 5.36. The van der Waals surface area contributed by atoms with Gasteiger partial charge in [0.2, 0.25) is 5.91 Å². The van der Waals surface area contributed by atoms with Crippen molar-refractivity contribution in [2.45, 2.75) is 45.2 Å². The number of carbonyl (C=O) groups excluding carboxylic acids is 1. The Bertz CT molecular complexity index is 1190. The minimum absolute atomic E-state index is 0.129. The first-order valence-corrected chi connectivity index (χ1v) is 12.1. The first-order valence-electron chi connectivity index (χ1n) is 12.1. The molecular weight excluding hydrogens is 410 g/mol. The molecule has 2 heterocycles. The smallest absolute Gasteiger partial charge is 0.228 e. The molecule has 5 heteroatoms. The van der Waals surface area contributed by atoms with Gasteiger partial charge >= 0.3 is 0 Å². The molecule has 2 N–H and O–H groups in total. The van der Waals surface area contributed by atoms with Gasteiger partial charge in [0.1, 0.15) is 5.75 Å². The lowest BCUT2D eigenvalue weighted by Gasteiger charge is -2.42. The summed E-state index contributed by atoms with van der Waals surface area (Å²) in [6.45, 7) is 5.80. The molecule has 0 saturated heterocycles. The molecule has 1 aromatic heterocycles. The molecule has 0 bridgehead atoms. The molecule has 172 valence electrons. The summed E-state index contributed by atoms with van der Waals surface area (Å²) in [7, 11) is 1.73. The standard InChI is InChI=1S/C28H33N3O2/c1-4-18(2)30-28(32)21-14-23-22-9-7-10-24-27(22)20(16-29-24)15-25(23)31(17-21)13-12-19-8-5-6-11-26(19)33-3/h5-11,14,16,18,21,25,29H,4,12-13,15,17H2,1-3H3,(H,30,32)/t18-,21?,25-/m1/s1. The minimum atomic E-state index is -0.154. The molecule has 1 unspecified atom stereocenters. The van der Waals surface area contributed by atoms with Crippen LogP contribution >= 0.6 is 0 Å². The van der Waals surface area contributed by atoms with Crippen molar-refractivity contribution in [1.82, 2.24) is 15.2 Å². The monoisotopic (exact) mass is 443 g/mol. The van der Waals surface area contributed by atoms with Gasteiger partial charge in [-0.2, -0.15) is 0 Å². The quantitative estimate of drug-likeness (QED) is 0.562. The van der Waals surface area contributed by atoms with Gasteiger partial charge in [-0.3, -0.25) is 9.69 Å². The number of rotatable bonds is 7. The SMILES string of the molecule is CC[C@@H](C)NC(=O)C1C=C2c3cccc4[nH]cc(c34)C[C@H]2N(CCc2ccccc2OC)C1. The average Bonchev–Trinajstić information content (AvgIpc) is 3.26. The molecule has 2 aliphatic rings. The number of aromatic amines is 1. The number of carbonyl (C=O) groups is 1. The number of benzene rings is 2. The van der Waals surface area contributed by atoms with Gasteiger partial charge in [-0.1, -0.05) is 43.3 Å². The summed E-state index contributed by atoms with van der Waals surface area (Å²) >= 11 is 0. The van der Waals surface area contributed by atoms with Gasteiger partial charge in [0.25, 0.3) is 0 Å². The molecular formula is C28H33N3O2. The number of nitrogens with one attached hydrogen (secondary N) is 2. The second-order valence-corrected chi connectivity index (χ2v) is 9.37. The van der Waals surface area contributed by atoms with Crippen LogP contribution < -0.4 is 10.1 Å². The Balaban J connectivity index is 1.48. The Hall–Kier alpha value is -3.05. The second kappa shape index (κ2) is 9.06. The largest absolute Gasteiger partial charge is 0.496 e. The maximum atomic E-state index is 13.2. The molecule has 1 amide bonds. The third kappa shape index (κ3) is 4.06. The lowest BCUT2D eigenvalue weighted by molar-refractivity contribution is -0.125. The summed E-state index contributed by atoms with van der Waals surface area (Å²) in [6, 6.07) is 15.2. The van der Waals surface area contributed by atoms with Gasteiger partial charge in [0.15, 0.2) is 0 Å². The molecule has 1 aliphatic heterocycles. The predicted molar refractivity (Wildman–Crippen MR) is 133 cm³/mol. The van der Waals surface area contributed by atoms with Crippen LogP contribution in [0.25, 0.3) is 16.5 Å². The van der Waals surface area contributed by atoms with Gasteiger partial charge in [0, 0.05) is 42.3 Å². The Morgan fingerprint density at radius 2 is 2.09 bits per heavy atom. The van der Waals surface area contributed by atoms with Crippen molar-refractivity contribution in [1.29, 1.82) is 0 Å². The second-order valence-electron chi connectivity index (χ2n) is 9.37. The number of para-hydroxylation sites is 1. The molecule has 0 spiro atoms. The Morgan fingerprint density at radius 1 is 1.24 bits per heavy atom. The highest BCUT2D eigenvalue weighted by Crippen LogP contribution is 2.41. The predicted octanol–water partition coefficient (Wildman–Crippen LogP) is 4.57. The summed E-state index contributed by atoms with van der Waals surface area (Å²) in [5, 5.41) is 4.52. The van der Waals surface area contributed by atoms with Gasteiger partial charge in [-0.05, 0) is 60.6 Å². The normalized spacial score (nSPS) is 20.8. The van der Waals surface area contributed by atoms with E-state index < -0.39 is 0 Å². The van der Waals surface area contributed by atoms with Gasteiger partial charge in [0.05, 0.1) is 13.0 Å². The van der Waals surface area contributed by atoms with Crippen molar-refractivity contribution in [3.8, 4) is 5.75 Å². The topological polar surface area (TPSA) is 57.4 Å². The van der Waals surface area contributed by atoms with Crippen LogP contribution in [0.2, 0.25) is 0 Å². The highest BCUT2D eigenvalue weighted by molar-refractivity contribution is 5.99. The van der Waals surface area contributed by atoms with Crippen LogP contribution in [0.15, 0.2) is 54.7 Å². The van der Waals surface area contributed by atoms with E-state index in [0.29, 0.717) is 0 Å². The summed E-state index contributed by atoms with van der Waals surface area (Å²) in [5.74, 6) is 0.904. The summed E-state index contributed by atoms with van der Waals surface area (Å²) in [5.41, 5.74) is 6.31. The first-order chi connectivity index (χ1) is 16.1. The fraction of sp³-hybridized carbons (Fsp3) is 0.393. The number of amides is 1. The maximum Gasteiger partial charge on any atom is 0.228 e. The number of aromatic nitrogens is 1. The number of hydrogen-bond donors (Lipinski definition) is 2. The van der Waals surface area contributed by atoms with Gasteiger partial charge in [-0.25, -0.2) is 0 Å². The minimum Gasteiger partial charge on any atom is -0.496 e. The van der Waals surface area contributed by atoms with E-state index in [2.05, 4.69) is 71.7 Å². The third-order valence-corrected chi connectivity index (χ3v) is 7.32. The number of hydrogen-bond acceptors (Lipinski definition) is 3. The molecule has 0 saturated carbocycles. The number of H-pyrrole nitrogens is 1. The van der Waals surface area contributed by atoms with Crippen molar-refractivity contribution in [3.05, 3.63) is 71.4 Å². The summed E-state index contributed by atoms with van der Waals surface area (Å²) in [6.07, 6.45) is 7.19. The molecule has 3 aromatic rings. The van der Waals surface area contributed by atoms with E-state index in [4.69, 9.17) is 4.74 Å². The third-order valence-electron chi connectivity index (χ3n) is 7.32. The summed E-state index contributed by atoms with van der Waals surface area (Å²) < 4.78 is 5.58. The molecule has 0 fully saturated rings. The van der Waals surface area contributed by atoms with Crippen LogP contribution in [0, 0.1) is 5.92 Å². The molecule has 1 aliphatic carbocycles. The zero-order valence-corrected chi connectivity index (χ0v) is 19.7. The van der Waals surface area contributed by atoms with Gasteiger partial charge in [-0.15, -0.1) is 0 Å². The van der Waals surface area contributed by atoms with Crippen LogP contribution in [-0.2, 0) is 17.6 Å². The van der Waals surface area contributed by atoms with Crippen molar-refractivity contribution in [2.24, 2.45) is 5.92 Å². The van der Waals surface area contributed by atoms with Crippen LogP contribution in [0.4, 0.5) is 0 Å². The van der Waals surface area contributed by atoms with Crippen molar-refractivity contribution >= 4 is 22.4 Å². The Kier molecular flexibility index (Phi) is 5.98. The maximum absolute atomic E-state index is 13.2. The zero-order valence-electron chi connectivity index (χ0n) is 19.7. The van der Waals surface area contributed by atoms with E-state index in [-0.39, 0.29) is 23.9 Å². The molecule has 5 rings (SSSR count). The molecule has 3 atom stereocenters. The number of ether oxygens (including phenoxy) is 1. The first kappa shape index (κ1) is 21.8. The number of methoxy groups -OCH3 is 1. The molecule has 0 radical (unpaired) electrons. The lowest BCUT2D eigenvalue weighted by Crippen LogP contribution is -2.50. The van der Waals surface area contributed by atoms with E-state index in [1.165, 1.54) is 33.2 Å². The fourth-order valence-electron chi connectivity index (χ4n) is 5.36. The number of fused-ring (bicyclic) bond motifs is 2. The molecule has 2 aromatic carbocycles. The van der Waals surface area contributed by atoms with E-state index in [9.17, 15) is 4.79 Å². The van der Waals surface area contributed by atoms with Crippen molar-refractivity contribution in [3.63, 3.8) is 0 Å². The van der Waals surface area contributed by atoms with E-state index in [0.717, 1.165) is 38.1 Å². The van der Waals surface area contributed by atoms with Crippen molar-refractivity contribution < 1.29 is 9.53 Å². The van der Waals surface area contributed by atoms with E-state index >= 15 is 0 Å². The van der Waals surface area contributed by atoms with E-state index in [1.807, 2.05) is 12.1 Å². The summed E-state index contributed by atoms with van der Waals surface area (Å²) in [4.78, 5) is 19.1. The molecule has 5 nitrogen and oxygen atoms in total. The Morgan fingerprint density at radius 3 is 2.91 bits per heavy atom. The zero-order chi connectivity index (χ0) is 22.9. The lowest BCUT2D eigenvalue weighted by atomic mass is 9.79. The highest BCUT2D eigenvalue weighted by atomic mass is 16.5. The van der Waals surface area contributed by atoms with E-state index in [1.54, 1.807) is 7.11 Å². The Labute approximate surface area is 195 Å². The van der Waals surface area contributed by atoms with Crippen LogP contribution in [-0.4, -0.2) is 48.1 Å². The average molecular weight is 444 g/mol. The highest BCUT2D eigenvalue weighted by Gasteiger charge is 2.37. The molecule has 33 heavy (non-hydrogen) atoms.